The zero-order chi connectivity index (χ0) is 13.0. The quantitative estimate of drug-likeness (QED) is 0.672. The molecular formula is C13H26N4O. The van der Waals surface area contributed by atoms with Crippen molar-refractivity contribution in [2.45, 2.75) is 26.3 Å². The monoisotopic (exact) mass is 254 g/mol. The number of nitrogens with zero attached hydrogens (tertiary/aromatic N) is 2. The fraction of sp³-hybridized carbons (Fsp3) is 0.923. The Morgan fingerprint density at radius 1 is 1.44 bits per heavy atom. The second-order valence-electron chi connectivity index (χ2n) is 5.67. The van der Waals surface area contributed by atoms with E-state index in [-0.39, 0.29) is 6.03 Å². The van der Waals surface area contributed by atoms with Gasteiger partial charge in [-0.05, 0) is 39.3 Å². The third-order valence-corrected chi connectivity index (χ3v) is 3.98. The lowest BCUT2D eigenvalue weighted by Gasteiger charge is -2.20. The molecule has 5 heteroatoms. The molecule has 2 heterocycles. The standard InChI is InChI=1S/C13H26N4O/c1-11(2)17-6-3-12(10-17)9-14-4-7-16-8-5-15-13(16)18/h11-12,14H,3-10H2,1-2H3,(H,15,18). The fourth-order valence-corrected chi connectivity index (χ4v) is 2.74. The summed E-state index contributed by atoms with van der Waals surface area (Å²) in [7, 11) is 0. The van der Waals surface area contributed by atoms with Crippen molar-refractivity contribution in [2.75, 3.05) is 45.8 Å². The Kier molecular flexibility index (Phi) is 4.83. The highest BCUT2D eigenvalue weighted by Crippen LogP contribution is 2.17. The molecule has 2 rings (SSSR count). The van der Waals surface area contributed by atoms with Crippen LogP contribution in [0.15, 0.2) is 0 Å². The Morgan fingerprint density at radius 3 is 2.89 bits per heavy atom. The predicted molar refractivity (Wildman–Crippen MR) is 72.7 cm³/mol. The third kappa shape index (κ3) is 3.59. The molecule has 2 saturated heterocycles. The summed E-state index contributed by atoms with van der Waals surface area (Å²) in [6.45, 7) is 11.4. The smallest absolute Gasteiger partial charge is 0.317 e. The lowest BCUT2D eigenvalue weighted by atomic mass is 10.1. The molecule has 2 amide bonds. The second-order valence-corrected chi connectivity index (χ2v) is 5.67. The van der Waals surface area contributed by atoms with Crippen LogP contribution in [0.1, 0.15) is 20.3 Å². The number of hydrogen-bond donors (Lipinski definition) is 2. The van der Waals surface area contributed by atoms with Gasteiger partial charge in [-0.25, -0.2) is 4.79 Å². The first-order valence-electron chi connectivity index (χ1n) is 7.14. The summed E-state index contributed by atoms with van der Waals surface area (Å²) in [5.74, 6) is 0.778. The number of likely N-dealkylation sites (tertiary alicyclic amines) is 1. The highest BCUT2D eigenvalue weighted by atomic mass is 16.2. The highest BCUT2D eigenvalue weighted by molar-refractivity contribution is 5.76. The minimum atomic E-state index is 0.0867. The van der Waals surface area contributed by atoms with Crippen LogP contribution in [0.2, 0.25) is 0 Å². The van der Waals surface area contributed by atoms with Gasteiger partial charge in [-0.2, -0.15) is 0 Å². The molecule has 0 aromatic rings. The van der Waals surface area contributed by atoms with E-state index < -0.39 is 0 Å². The van der Waals surface area contributed by atoms with Crippen LogP contribution in [0.3, 0.4) is 0 Å². The van der Waals surface area contributed by atoms with E-state index >= 15 is 0 Å². The molecule has 1 unspecified atom stereocenters. The molecule has 0 aromatic carbocycles. The number of carbonyl (C=O) groups is 1. The van der Waals surface area contributed by atoms with Gasteiger partial charge in [0.15, 0.2) is 0 Å². The van der Waals surface area contributed by atoms with Crippen molar-refractivity contribution in [2.24, 2.45) is 5.92 Å². The molecular weight excluding hydrogens is 228 g/mol. The Bertz CT molecular complexity index is 282. The molecule has 1 atom stereocenters. The van der Waals surface area contributed by atoms with E-state index in [0.29, 0.717) is 6.04 Å². The summed E-state index contributed by atoms with van der Waals surface area (Å²) in [5.41, 5.74) is 0. The number of urea groups is 1. The van der Waals surface area contributed by atoms with E-state index in [9.17, 15) is 4.79 Å². The van der Waals surface area contributed by atoms with Gasteiger partial charge >= 0.3 is 6.03 Å². The van der Waals surface area contributed by atoms with Crippen LogP contribution in [0.25, 0.3) is 0 Å². The molecule has 2 aliphatic heterocycles. The van der Waals surface area contributed by atoms with Gasteiger partial charge in [-0.3, -0.25) is 0 Å². The van der Waals surface area contributed by atoms with E-state index in [1.54, 1.807) is 0 Å². The first-order chi connectivity index (χ1) is 8.66. The van der Waals surface area contributed by atoms with E-state index in [1.807, 2.05) is 4.90 Å². The maximum atomic E-state index is 11.3. The Labute approximate surface area is 110 Å². The molecule has 0 aliphatic carbocycles. The number of hydrogen-bond acceptors (Lipinski definition) is 3. The van der Waals surface area contributed by atoms with Gasteiger partial charge < -0.3 is 20.4 Å². The summed E-state index contributed by atoms with van der Waals surface area (Å²) in [4.78, 5) is 15.7. The Morgan fingerprint density at radius 2 is 2.28 bits per heavy atom. The van der Waals surface area contributed by atoms with Gasteiger partial charge in [-0.15, -0.1) is 0 Å². The lowest BCUT2D eigenvalue weighted by Crippen LogP contribution is -2.36. The van der Waals surface area contributed by atoms with Crippen LogP contribution in [0.4, 0.5) is 4.79 Å². The van der Waals surface area contributed by atoms with Crippen LogP contribution in [0, 0.1) is 5.92 Å². The molecule has 0 radical (unpaired) electrons. The minimum Gasteiger partial charge on any atom is -0.336 e. The molecule has 104 valence electrons. The van der Waals surface area contributed by atoms with Crippen molar-refractivity contribution in [3.63, 3.8) is 0 Å². The summed E-state index contributed by atoms with van der Waals surface area (Å²) >= 11 is 0. The van der Waals surface area contributed by atoms with Crippen LogP contribution in [0.5, 0.6) is 0 Å². The van der Waals surface area contributed by atoms with E-state index in [1.165, 1.54) is 19.5 Å². The van der Waals surface area contributed by atoms with E-state index in [0.717, 1.165) is 38.6 Å². The summed E-state index contributed by atoms with van der Waals surface area (Å²) in [6.07, 6.45) is 1.30. The van der Waals surface area contributed by atoms with Crippen molar-refractivity contribution in [3.8, 4) is 0 Å². The highest BCUT2D eigenvalue weighted by Gasteiger charge is 2.24. The van der Waals surface area contributed by atoms with Crippen molar-refractivity contribution >= 4 is 6.03 Å². The van der Waals surface area contributed by atoms with Crippen LogP contribution >= 0.6 is 0 Å². The Balaban J connectivity index is 1.55. The zero-order valence-electron chi connectivity index (χ0n) is 11.6. The molecule has 0 bridgehead atoms. The van der Waals surface area contributed by atoms with Gasteiger partial charge in [0.25, 0.3) is 0 Å². The number of carbonyl (C=O) groups excluding carboxylic acids is 1. The molecule has 18 heavy (non-hydrogen) atoms. The first-order valence-corrected chi connectivity index (χ1v) is 7.14. The van der Waals surface area contributed by atoms with Gasteiger partial charge in [-0.1, -0.05) is 0 Å². The largest absolute Gasteiger partial charge is 0.336 e. The number of nitrogens with one attached hydrogen (secondary N) is 2. The van der Waals surface area contributed by atoms with Crippen molar-refractivity contribution in [3.05, 3.63) is 0 Å². The van der Waals surface area contributed by atoms with Crippen LogP contribution in [-0.4, -0.2) is 67.7 Å². The predicted octanol–water partition coefficient (Wildman–Crippen LogP) is 0.332. The lowest BCUT2D eigenvalue weighted by molar-refractivity contribution is 0.217. The Hall–Kier alpha value is -0.810. The van der Waals surface area contributed by atoms with Gasteiger partial charge in [0, 0.05) is 38.8 Å². The van der Waals surface area contributed by atoms with Crippen molar-refractivity contribution < 1.29 is 4.79 Å². The molecule has 0 saturated carbocycles. The number of amides is 2. The SMILES string of the molecule is CC(C)N1CCC(CNCCN2CCNC2=O)C1. The molecule has 2 aliphatic rings. The fourth-order valence-electron chi connectivity index (χ4n) is 2.74. The second kappa shape index (κ2) is 6.38. The van der Waals surface area contributed by atoms with Gasteiger partial charge in [0.1, 0.15) is 0 Å². The van der Waals surface area contributed by atoms with E-state index in [2.05, 4.69) is 29.4 Å². The summed E-state index contributed by atoms with van der Waals surface area (Å²) < 4.78 is 0. The maximum absolute atomic E-state index is 11.3. The molecule has 0 spiro atoms. The minimum absolute atomic E-state index is 0.0867. The van der Waals surface area contributed by atoms with Gasteiger partial charge in [0.05, 0.1) is 0 Å². The average Bonchev–Trinajstić information content (AvgIpc) is 2.94. The van der Waals surface area contributed by atoms with Crippen molar-refractivity contribution in [1.82, 2.24) is 20.4 Å². The molecule has 2 fully saturated rings. The summed E-state index contributed by atoms with van der Waals surface area (Å²) in [6, 6.07) is 0.756. The van der Waals surface area contributed by atoms with Crippen LogP contribution in [-0.2, 0) is 0 Å². The average molecular weight is 254 g/mol. The first kappa shape index (κ1) is 13.6. The topological polar surface area (TPSA) is 47.6 Å². The maximum Gasteiger partial charge on any atom is 0.317 e. The van der Waals surface area contributed by atoms with E-state index in [4.69, 9.17) is 0 Å². The number of rotatable bonds is 6. The van der Waals surface area contributed by atoms with Crippen LogP contribution < -0.4 is 10.6 Å². The third-order valence-electron chi connectivity index (χ3n) is 3.98. The molecule has 2 N–H and O–H groups in total. The summed E-state index contributed by atoms with van der Waals surface area (Å²) in [5, 5.41) is 6.31. The molecule has 0 aromatic heterocycles. The van der Waals surface area contributed by atoms with Crippen molar-refractivity contribution in [1.29, 1.82) is 0 Å². The zero-order valence-corrected chi connectivity index (χ0v) is 11.6. The molecule has 5 nitrogen and oxygen atoms in total. The van der Waals surface area contributed by atoms with Gasteiger partial charge in [0.2, 0.25) is 0 Å². The normalized spacial score (nSPS) is 25.2.